The number of alkyl halides is 3. The number of hydrogen-bond donors (Lipinski definition) is 1. The SMILES string of the molecule is O=C(CSc1n[nH]c(=O)n1-c1ccc(OCc2ccccc2)cc1)c1ccc(C(F)(F)F)cc1. The zero-order valence-electron chi connectivity index (χ0n) is 17.6. The molecule has 0 aliphatic carbocycles. The van der Waals surface area contributed by atoms with Crippen molar-refractivity contribution in [1.82, 2.24) is 14.8 Å². The first-order valence-corrected chi connectivity index (χ1v) is 11.1. The summed E-state index contributed by atoms with van der Waals surface area (Å²) in [5, 5.41) is 6.57. The van der Waals surface area contributed by atoms with E-state index < -0.39 is 17.4 Å². The summed E-state index contributed by atoms with van der Waals surface area (Å²) >= 11 is 1.00. The van der Waals surface area contributed by atoms with Crippen LogP contribution in [-0.2, 0) is 12.8 Å². The lowest BCUT2D eigenvalue weighted by Gasteiger charge is -2.09. The van der Waals surface area contributed by atoms with Crippen molar-refractivity contribution >= 4 is 17.5 Å². The molecule has 3 aromatic carbocycles. The first-order valence-electron chi connectivity index (χ1n) is 10.1. The number of benzene rings is 3. The molecule has 0 atom stereocenters. The van der Waals surface area contributed by atoms with E-state index in [1.165, 1.54) is 4.57 Å². The van der Waals surface area contributed by atoms with Gasteiger partial charge in [-0.15, -0.1) is 5.10 Å². The van der Waals surface area contributed by atoms with Gasteiger partial charge in [-0.3, -0.25) is 4.79 Å². The van der Waals surface area contributed by atoms with Crippen molar-refractivity contribution in [2.75, 3.05) is 5.75 Å². The molecule has 34 heavy (non-hydrogen) atoms. The fourth-order valence-corrected chi connectivity index (χ4v) is 3.95. The Labute approximate surface area is 196 Å². The van der Waals surface area contributed by atoms with Crippen LogP contribution in [-0.4, -0.2) is 26.3 Å². The Bertz CT molecular complexity index is 1320. The van der Waals surface area contributed by atoms with Crippen molar-refractivity contribution in [2.24, 2.45) is 0 Å². The summed E-state index contributed by atoms with van der Waals surface area (Å²) < 4.78 is 45.2. The molecule has 1 aromatic heterocycles. The molecule has 0 aliphatic rings. The second-order valence-electron chi connectivity index (χ2n) is 7.20. The lowest BCUT2D eigenvalue weighted by atomic mass is 10.1. The third-order valence-corrected chi connectivity index (χ3v) is 5.79. The lowest BCUT2D eigenvalue weighted by Crippen LogP contribution is -2.16. The Hall–Kier alpha value is -3.79. The van der Waals surface area contributed by atoms with E-state index in [1.807, 2.05) is 30.3 Å². The van der Waals surface area contributed by atoms with Gasteiger partial charge >= 0.3 is 11.9 Å². The molecule has 0 bridgehead atoms. The van der Waals surface area contributed by atoms with Crippen LogP contribution in [0.15, 0.2) is 88.8 Å². The minimum absolute atomic E-state index is 0.103. The van der Waals surface area contributed by atoms with Gasteiger partial charge in [0.05, 0.1) is 17.0 Å². The van der Waals surface area contributed by atoms with Gasteiger partial charge in [0.25, 0.3) is 0 Å². The lowest BCUT2D eigenvalue weighted by molar-refractivity contribution is -0.137. The highest BCUT2D eigenvalue weighted by atomic mass is 32.2. The van der Waals surface area contributed by atoms with E-state index in [-0.39, 0.29) is 22.3 Å². The molecule has 0 aliphatic heterocycles. The van der Waals surface area contributed by atoms with Gasteiger partial charge in [0.1, 0.15) is 12.4 Å². The summed E-state index contributed by atoms with van der Waals surface area (Å²) in [7, 11) is 0. The summed E-state index contributed by atoms with van der Waals surface area (Å²) in [6.45, 7) is 0.402. The van der Waals surface area contributed by atoms with Crippen molar-refractivity contribution in [1.29, 1.82) is 0 Å². The minimum Gasteiger partial charge on any atom is -0.489 e. The summed E-state index contributed by atoms with van der Waals surface area (Å²) in [6, 6.07) is 20.5. The molecule has 10 heteroatoms. The second-order valence-corrected chi connectivity index (χ2v) is 8.14. The molecule has 1 heterocycles. The summed E-state index contributed by atoms with van der Waals surface area (Å²) in [5.41, 5.74) is 0.380. The van der Waals surface area contributed by atoms with Gasteiger partial charge in [-0.2, -0.15) is 13.2 Å². The number of nitrogens with zero attached hydrogens (tertiary/aromatic N) is 2. The van der Waals surface area contributed by atoms with Crippen LogP contribution in [0.25, 0.3) is 5.69 Å². The van der Waals surface area contributed by atoms with E-state index in [9.17, 15) is 22.8 Å². The van der Waals surface area contributed by atoms with E-state index in [1.54, 1.807) is 24.3 Å². The van der Waals surface area contributed by atoms with E-state index in [0.29, 0.717) is 18.0 Å². The highest BCUT2D eigenvalue weighted by molar-refractivity contribution is 7.99. The number of ketones is 1. The monoisotopic (exact) mass is 485 g/mol. The van der Waals surface area contributed by atoms with Gasteiger partial charge in [0, 0.05) is 5.56 Å². The van der Waals surface area contributed by atoms with Gasteiger partial charge < -0.3 is 4.74 Å². The molecule has 0 radical (unpaired) electrons. The zero-order valence-corrected chi connectivity index (χ0v) is 18.4. The van der Waals surface area contributed by atoms with Gasteiger partial charge in [0.2, 0.25) is 0 Å². The van der Waals surface area contributed by atoms with E-state index in [2.05, 4.69) is 10.2 Å². The third-order valence-electron chi connectivity index (χ3n) is 4.85. The highest BCUT2D eigenvalue weighted by Gasteiger charge is 2.30. The number of thioether (sulfide) groups is 1. The number of carbonyl (C=O) groups is 1. The molecule has 0 unspecified atom stereocenters. The Kier molecular flexibility index (Phi) is 6.87. The van der Waals surface area contributed by atoms with E-state index >= 15 is 0 Å². The van der Waals surface area contributed by atoms with Crippen molar-refractivity contribution in [3.05, 3.63) is 106 Å². The number of halogens is 3. The number of rotatable bonds is 8. The number of aromatic amines is 1. The molecule has 0 fully saturated rings. The number of H-pyrrole nitrogens is 1. The van der Waals surface area contributed by atoms with Gasteiger partial charge in [-0.05, 0) is 42.0 Å². The molecule has 4 rings (SSSR count). The van der Waals surface area contributed by atoms with E-state index in [4.69, 9.17) is 4.74 Å². The van der Waals surface area contributed by atoms with Gasteiger partial charge in [-0.25, -0.2) is 14.5 Å². The third kappa shape index (κ3) is 5.57. The fourth-order valence-electron chi connectivity index (χ4n) is 3.10. The molecular weight excluding hydrogens is 467 g/mol. The minimum atomic E-state index is -4.47. The number of Topliss-reactive ketones (excluding diaryl/α,β-unsaturated/α-hetero) is 1. The van der Waals surface area contributed by atoms with Crippen LogP contribution in [0.4, 0.5) is 13.2 Å². The average molecular weight is 485 g/mol. The maximum absolute atomic E-state index is 12.7. The molecule has 174 valence electrons. The zero-order chi connectivity index (χ0) is 24.1. The molecule has 0 saturated heterocycles. The first kappa shape index (κ1) is 23.4. The van der Waals surface area contributed by atoms with Gasteiger partial charge in [-0.1, -0.05) is 54.2 Å². The molecule has 1 N–H and O–H groups in total. The normalized spacial score (nSPS) is 11.4. The van der Waals surface area contributed by atoms with Crippen LogP contribution in [0.1, 0.15) is 21.5 Å². The van der Waals surface area contributed by atoms with Crippen LogP contribution in [0.3, 0.4) is 0 Å². The quantitative estimate of drug-likeness (QED) is 0.277. The van der Waals surface area contributed by atoms with Crippen molar-refractivity contribution < 1.29 is 22.7 Å². The standard InChI is InChI=1S/C24H18F3N3O3S/c25-24(26,27)18-8-6-17(7-9-18)21(31)15-34-23-29-28-22(32)30(23)19-10-12-20(13-11-19)33-14-16-4-2-1-3-5-16/h1-13H,14-15H2,(H,28,32). The van der Waals surface area contributed by atoms with Crippen molar-refractivity contribution in [2.45, 2.75) is 17.9 Å². The smallest absolute Gasteiger partial charge is 0.416 e. The molecular formula is C24H18F3N3O3S. The van der Waals surface area contributed by atoms with Crippen LogP contribution in [0, 0.1) is 0 Å². The number of hydrogen-bond acceptors (Lipinski definition) is 5. The predicted octanol–water partition coefficient (Wildman–Crippen LogP) is 5.13. The summed E-state index contributed by atoms with van der Waals surface area (Å²) in [5.74, 6) is 0.134. The Morgan fingerprint density at radius 1 is 0.971 bits per heavy atom. The average Bonchev–Trinajstić information content (AvgIpc) is 3.22. The predicted molar refractivity (Wildman–Crippen MR) is 121 cm³/mol. The van der Waals surface area contributed by atoms with Crippen molar-refractivity contribution in [3.8, 4) is 11.4 Å². The van der Waals surface area contributed by atoms with E-state index in [0.717, 1.165) is 41.6 Å². The van der Waals surface area contributed by atoms with Crippen LogP contribution in [0.5, 0.6) is 5.75 Å². The van der Waals surface area contributed by atoms with Crippen LogP contribution >= 0.6 is 11.8 Å². The number of ether oxygens (including phenoxy) is 1. The molecule has 0 saturated carbocycles. The van der Waals surface area contributed by atoms with Crippen LogP contribution in [0.2, 0.25) is 0 Å². The van der Waals surface area contributed by atoms with Crippen LogP contribution < -0.4 is 10.4 Å². The second kappa shape index (κ2) is 10.0. The first-order chi connectivity index (χ1) is 16.3. The molecule has 0 amide bonds. The molecule has 6 nitrogen and oxygen atoms in total. The molecule has 4 aromatic rings. The molecule has 0 spiro atoms. The Balaban J connectivity index is 1.42. The summed E-state index contributed by atoms with van der Waals surface area (Å²) in [4.78, 5) is 24.7. The maximum atomic E-state index is 12.7. The largest absolute Gasteiger partial charge is 0.489 e. The van der Waals surface area contributed by atoms with Gasteiger partial charge in [0.15, 0.2) is 10.9 Å². The highest BCUT2D eigenvalue weighted by Crippen LogP contribution is 2.29. The summed E-state index contributed by atoms with van der Waals surface area (Å²) in [6.07, 6.45) is -4.47. The number of nitrogens with one attached hydrogen (secondary N) is 1. The van der Waals surface area contributed by atoms with Crippen molar-refractivity contribution in [3.63, 3.8) is 0 Å². The fraction of sp³-hybridized carbons (Fsp3) is 0.125. The Morgan fingerprint density at radius 2 is 1.65 bits per heavy atom. The number of carbonyl (C=O) groups excluding carboxylic acids is 1. The Morgan fingerprint density at radius 3 is 2.29 bits per heavy atom. The maximum Gasteiger partial charge on any atom is 0.416 e. The topological polar surface area (TPSA) is 77.0 Å². The number of aromatic nitrogens is 3.